The Balaban J connectivity index is 1.79. The fourth-order valence-electron chi connectivity index (χ4n) is 4.83. The summed E-state index contributed by atoms with van der Waals surface area (Å²) in [6.45, 7) is 16.3. The third kappa shape index (κ3) is 4.13. The number of halogens is 2. The zero-order valence-corrected chi connectivity index (χ0v) is 18.3. The van der Waals surface area contributed by atoms with Crippen molar-refractivity contribution >= 4 is 0 Å². The summed E-state index contributed by atoms with van der Waals surface area (Å²) < 4.78 is 41.3. The average Bonchev–Trinajstić information content (AvgIpc) is 2.84. The Bertz CT molecular complexity index is 696. The lowest BCUT2D eigenvalue weighted by Crippen LogP contribution is -2.48. The molecule has 2 saturated heterocycles. The van der Waals surface area contributed by atoms with Crippen LogP contribution in [0.15, 0.2) is 12.1 Å². The predicted octanol–water partition coefficient (Wildman–Crippen LogP) is 4.56. The molecule has 2 N–H and O–H groups in total. The Labute approximate surface area is 167 Å². The van der Waals surface area contributed by atoms with Crippen molar-refractivity contribution in [3.05, 3.63) is 23.8 Å². The number of ether oxygens (including phenoxy) is 2. The molecule has 0 radical (unpaired) electrons. The van der Waals surface area contributed by atoms with Crippen LogP contribution in [0.2, 0.25) is 0 Å². The number of hydrogen-bond acceptors (Lipinski definition) is 4. The van der Waals surface area contributed by atoms with Crippen LogP contribution < -0.4 is 20.1 Å². The molecule has 1 aromatic rings. The molecule has 2 aliphatic heterocycles. The van der Waals surface area contributed by atoms with Gasteiger partial charge in [-0.2, -0.15) is 8.78 Å². The van der Waals surface area contributed by atoms with Crippen molar-refractivity contribution in [3.8, 4) is 11.5 Å². The predicted molar refractivity (Wildman–Crippen MR) is 107 cm³/mol. The fourth-order valence-corrected chi connectivity index (χ4v) is 4.83. The minimum absolute atomic E-state index is 0.0773. The van der Waals surface area contributed by atoms with Crippen LogP contribution in [0, 0.1) is 11.6 Å². The first kappa shape index (κ1) is 21.3. The zero-order chi connectivity index (χ0) is 21.1. The summed E-state index contributed by atoms with van der Waals surface area (Å²) in [5, 5.41) is 6.95. The van der Waals surface area contributed by atoms with Crippen molar-refractivity contribution in [2.45, 2.75) is 103 Å². The molecule has 3 rings (SSSR count). The summed E-state index contributed by atoms with van der Waals surface area (Å²) in [6, 6.07) is 2.94. The summed E-state index contributed by atoms with van der Waals surface area (Å²) in [6.07, 6.45) is 0.885. The van der Waals surface area contributed by atoms with E-state index in [1.54, 1.807) is 0 Å². The molecule has 0 aliphatic carbocycles. The number of nitrogens with one attached hydrogen (secondary N) is 2. The molecular formula is C22H34F2N2O2. The standard InChI is InChI=1S/C22H34F2N2O2/c1-19(2)11-15(21(5,6)25-19)27-13-9-10-14(18(24)17(13)23)28-16-12-20(3,4)26-22(16,7)8/h9-10,15-16,25-26H,11-12H2,1-8H3. The van der Waals surface area contributed by atoms with Gasteiger partial charge in [-0.25, -0.2) is 0 Å². The molecule has 2 unspecified atom stereocenters. The van der Waals surface area contributed by atoms with E-state index in [1.165, 1.54) is 12.1 Å². The van der Waals surface area contributed by atoms with Crippen molar-refractivity contribution in [3.63, 3.8) is 0 Å². The Morgan fingerprint density at radius 1 is 0.714 bits per heavy atom. The van der Waals surface area contributed by atoms with Gasteiger partial charge in [0.25, 0.3) is 0 Å². The molecule has 28 heavy (non-hydrogen) atoms. The Morgan fingerprint density at radius 2 is 1.04 bits per heavy atom. The molecule has 1 aromatic carbocycles. The maximum Gasteiger partial charge on any atom is 0.204 e. The normalized spacial score (nSPS) is 29.6. The third-order valence-corrected chi connectivity index (χ3v) is 5.87. The van der Waals surface area contributed by atoms with Gasteiger partial charge in [-0.05, 0) is 67.5 Å². The summed E-state index contributed by atoms with van der Waals surface area (Å²) >= 11 is 0. The van der Waals surface area contributed by atoms with Crippen LogP contribution in [-0.4, -0.2) is 34.4 Å². The van der Waals surface area contributed by atoms with E-state index in [1.807, 2.05) is 27.7 Å². The topological polar surface area (TPSA) is 42.5 Å². The highest BCUT2D eigenvalue weighted by Gasteiger charge is 2.47. The van der Waals surface area contributed by atoms with Crippen LogP contribution in [0.4, 0.5) is 8.78 Å². The first-order valence-electron chi connectivity index (χ1n) is 10.0. The Hall–Kier alpha value is -1.40. The van der Waals surface area contributed by atoms with Gasteiger partial charge in [0.1, 0.15) is 12.2 Å². The smallest absolute Gasteiger partial charge is 0.204 e. The van der Waals surface area contributed by atoms with E-state index in [2.05, 4.69) is 38.3 Å². The molecule has 4 nitrogen and oxygen atoms in total. The second kappa shape index (κ2) is 6.56. The van der Waals surface area contributed by atoms with Crippen molar-refractivity contribution in [1.82, 2.24) is 10.6 Å². The molecule has 2 atom stereocenters. The van der Waals surface area contributed by atoms with Crippen LogP contribution in [0.5, 0.6) is 11.5 Å². The highest BCUT2D eigenvalue weighted by atomic mass is 19.2. The summed E-state index contributed by atoms with van der Waals surface area (Å²) in [5.41, 5.74) is -0.931. The molecule has 0 spiro atoms. The highest BCUT2D eigenvalue weighted by molar-refractivity contribution is 5.36. The average molecular weight is 397 g/mol. The molecule has 0 bridgehead atoms. The van der Waals surface area contributed by atoms with E-state index in [-0.39, 0.29) is 45.9 Å². The first-order valence-corrected chi connectivity index (χ1v) is 10.0. The molecule has 2 aliphatic rings. The van der Waals surface area contributed by atoms with E-state index >= 15 is 0 Å². The molecule has 2 fully saturated rings. The Kier molecular flexibility index (Phi) is 4.99. The molecule has 6 heteroatoms. The van der Waals surface area contributed by atoms with Crippen LogP contribution in [0.25, 0.3) is 0 Å². The monoisotopic (exact) mass is 396 g/mol. The lowest BCUT2D eigenvalue weighted by atomic mass is 9.97. The van der Waals surface area contributed by atoms with Gasteiger partial charge in [-0.15, -0.1) is 0 Å². The van der Waals surface area contributed by atoms with E-state index in [4.69, 9.17) is 9.47 Å². The molecule has 158 valence electrons. The van der Waals surface area contributed by atoms with E-state index in [0.717, 1.165) is 0 Å². The maximum absolute atomic E-state index is 14.8. The second-order valence-corrected chi connectivity index (χ2v) is 10.8. The minimum atomic E-state index is -0.999. The van der Waals surface area contributed by atoms with E-state index in [0.29, 0.717) is 12.8 Å². The van der Waals surface area contributed by atoms with Crippen molar-refractivity contribution in [1.29, 1.82) is 0 Å². The van der Waals surface area contributed by atoms with Crippen LogP contribution in [0.3, 0.4) is 0 Å². The van der Waals surface area contributed by atoms with E-state index < -0.39 is 11.6 Å². The summed E-state index contributed by atoms with van der Waals surface area (Å²) in [7, 11) is 0. The number of rotatable bonds is 4. The highest BCUT2D eigenvalue weighted by Crippen LogP contribution is 2.38. The van der Waals surface area contributed by atoms with Gasteiger partial charge in [0.2, 0.25) is 11.6 Å². The van der Waals surface area contributed by atoms with Crippen LogP contribution in [-0.2, 0) is 0 Å². The van der Waals surface area contributed by atoms with E-state index in [9.17, 15) is 8.78 Å². The maximum atomic E-state index is 14.8. The van der Waals surface area contributed by atoms with Crippen molar-refractivity contribution in [2.75, 3.05) is 0 Å². The largest absolute Gasteiger partial charge is 0.485 e. The van der Waals surface area contributed by atoms with Crippen LogP contribution >= 0.6 is 0 Å². The lowest BCUT2D eigenvalue weighted by Gasteiger charge is -2.29. The SMILES string of the molecule is CC1(C)CC(Oc2ccc(OC3CC(C)(C)NC3(C)C)c(F)c2F)C(C)(C)N1. The van der Waals surface area contributed by atoms with Crippen molar-refractivity contribution < 1.29 is 18.3 Å². The Morgan fingerprint density at radius 3 is 1.29 bits per heavy atom. The minimum Gasteiger partial charge on any atom is -0.485 e. The number of hydrogen-bond donors (Lipinski definition) is 2. The van der Waals surface area contributed by atoms with Gasteiger partial charge >= 0.3 is 0 Å². The second-order valence-electron chi connectivity index (χ2n) is 10.8. The summed E-state index contributed by atoms with van der Waals surface area (Å²) in [5.74, 6) is -2.15. The van der Waals surface area contributed by atoms with Gasteiger partial charge in [-0.1, -0.05) is 0 Å². The van der Waals surface area contributed by atoms with Gasteiger partial charge in [0, 0.05) is 23.9 Å². The molecular weight excluding hydrogens is 362 g/mol. The molecule has 0 aromatic heterocycles. The first-order chi connectivity index (χ1) is 12.6. The van der Waals surface area contributed by atoms with Gasteiger partial charge in [-0.3, -0.25) is 0 Å². The van der Waals surface area contributed by atoms with Gasteiger partial charge in [0.05, 0.1) is 11.1 Å². The third-order valence-electron chi connectivity index (χ3n) is 5.87. The summed E-state index contributed by atoms with van der Waals surface area (Å²) in [4.78, 5) is 0. The zero-order valence-electron chi connectivity index (χ0n) is 18.3. The van der Waals surface area contributed by atoms with Crippen molar-refractivity contribution in [2.24, 2.45) is 0 Å². The molecule has 2 heterocycles. The van der Waals surface area contributed by atoms with Crippen LogP contribution in [0.1, 0.15) is 68.2 Å². The molecule has 0 saturated carbocycles. The molecule has 0 amide bonds. The fraction of sp³-hybridized carbons (Fsp3) is 0.727. The number of benzene rings is 1. The van der Waals surface area contributed by atoms with Gasteiger partial charge in [0.15, 0.2) is 11.5 Å². The quantitative estimate of drug-likeness (QED) is 0.783. The lowest BCUT2D eigenvalue weighted by molar-refractivity contribution is 0.127. The van der Waals surface area contributed by atoms with Gasteiger partial charge < -0.3 is 20.1 Å².